The monoisotopic (exact) mass is 387 g/mol. The Balaban J connectivity index is 1.96. The molecule has 2 rings (SSSR count). The fraction of sp³-hybridized carbons (Fsp3) is 0.300. The lowest BCUT2D eigenvalue weighted by Crippen LogP contribution is -2.43. The number of anilines is 1. The molecule has 27 heavy (non-hydrogen) atoms. The van der Waals surface area contributed by atoms with E-state index < -0.39 is 0 Å². The van der Waals surface area contributed by atoms with E-state index in [-0.39, 0.29) is 12.0 Å². The van der Waals surface area contributed by atoms with Crippen LogP contribution >= 0.6 is 12.2 Å². The van der Waals surface area contributed by atoms with Crippen LogP contribution in [0.25, 0.3) is 0 Å². The predicted molar refractivity (Wildman–Crippen MR) is 111 cm³/mol. The van der Waals surface area contributed by atoms with Crippen molar-refractivity contribution in [1.29, 1.82) is 0 Å². The quantitative estimate of drug-likeness (QED) is 0.536. The zero-order valence-corrected chi connectivity index (χ0v) is 17.0. The van der Waals surface area contributed by atoms with Crippen LogP contribution in [-0.4, -0.2) is 24.2 Å². The van der Waals surface area contributed by atoms with Crippen LogP contribution in [0.15, 0.2) is 36.4 Å². The van der Waals surface area contributed by atoms with E-state index in [0.29, 0.717) is 22.2 Å². The molecular formula is C20H25N3O3S. The number of hydrogen-bond acceptors (Lipinski definition) is 4. The molecule has 7 heteroatoms. The molecule has 0 radical (unpaired) electrons. The van der Waals surface area contributed by atoms with Gasteiger partial charge in [0.1, 0.15) is 0 Å². The van der Waals surface area contributed by atoms with Crippen LogP contribution in [0, 0.1) is 13.8 Å². The molecule has 0 aliphatic heterocycles. The standard InChI is InChI=1S/C20H25N3O3S/c1-12(2)26-17-9-7-15(11-18(17)25-5)19(24)22-23-20(27)21-16-8-6-13(3)14(4)10-16/h6-12H,1-5H3,(H,22,24)(H2,21,23,27). The van der Waals surface area contributed by atoms with Crippen molar-refractivity contribution in [3.05, 3.63) is 53.1 Å². The first-order valence-electron chi connectivity index (χ1n) is 8.59. The number of thiocarbonyl (C=S) groups is 1. The van der Waals surface area contributed by atoms with E-state index in [1.54, 1.807) is 18.2 Å². The molecule has 2 aromatic rings. The van der Waals surface area contributed by atoms with Crippen molar-refractivity contribution in [2.75, 3.05) is 12.4 Å². The third kappa shape index (κ3) is 5.86. The van der Waals surface area contributed by atoms with E-state index in [9.17, 15) is 4.79 Å². The van der Waals surface area contributed by atoms with Gasteiger partial charge in [-0.05, 0) is 81.4 Å². The molecule has 0 fully saturated rings. The predicted octanol–water partition coefficient (Wildman–Crippen LogP) is 3.73. The fourth-order valence-corrected chi connectivity index (χ4v) is 2.50. The number of carbonyl (C=O) groups is 1. The number of hydrazine groups is 1. The highest BCUT2D eigenvalue weighted by Gasteiger charge is 2.12. The van der Waals surface area contributed by atoms with Crippen LogP contribution in [0.5, 0.6) is 11.5 Å². The summed E-state index contributed by atoms with van der Waals surface area (Å²) in [5.74, 6) is 0.741. The largest absolute Gasteiger partial charge is 0.493 e. The third-order valence-electron chi connectivity index (χ3n) is 3.84. The fourth-order valence-electron chi connectivity index (χ4n) is 2.33. The highest BCUT2D eigenvalue weighted by molar-refractivity contribution is 7.80. The Labute approximate surface area is 165 Å². The molecule has 144 valence electrons. The Morgan fingerprint density at radius 1 is 1.00 bits per heavy atom. The van der Waals surface area contributed by atoms with Gasteiger partial charge in [0.15, 0.2) is 16.6 Å². The van der Waals surface area contributed by atoms with Crippen molar-refractivity contribution < 1.29 is 14.3 Å². The zero-order valence-electron chi connectivity index (χ0n) is 16.2. The first-order chi connectivity index (χ1) is 12.8. The topological polar surface area (TPSA) is 71.6 Å². The summed E-state index contributed by atoms with van der Waals surface area (Å²) < 4.78 is 10.9. The van der Waals surface area contributed by atoms with Gasteiger partial charge in [-0.3, -0.25) is 15.6 Å². The van der Waals surface area contributed by atoms with Gasteiger partial charge in [0.2, 0.25) is 0 Å². The molecule has 0 atom stereocenters. The maximum atomic E-state index is 12.3. The average molecular weight is 388 g/mol. The summed E-state index contributed by atoms with van der Waals surface area (Å²) in [4.78, 5) is 12.3. The van der Waals surface area contributed by atoms with Gasteiger partial charge in [-0.2, -0.15) is 0 Å². The molecule has 0 bridgehead atoms. The molecule has 6 nitrogen and oxygen atoms in total. The Kier molecular flexibility index (Phi) is 7.01. The minimum absolute atomic E-state index is 0.00843. The van der Waals surface area contributed by atoms with Gasteiger partial charge in [0, 0.05) is 11.3 Å². The summed E-state index contributed by atoms with van der Waals surface area (Å²) in [6.07, 6.45) is 0.00843. The second-order valence-corrected chi connectivity index (χ2v) is 6.77. The van der Waals surface area contributed by atoms with E-state index in [1.807, 2.05) is 45.9 Å². The molecule has 1 amide bonds. The van der Waals surface area contributed by atoms with Gasteiger partial charge >= 0.3 is 0 Å². The molecule has 0 unspecified atom stereocenters. The van der Waals surface area contributed by atoms with Crippen molar-refractivity contribution in [3.63, 3.8) is 0 Å². The smallest absolute Gasteiger partial charge is 0.269 e. The Morgan fingerprint density at radius 3 is 2.37 bits per heavy atom. The first-order valence-corrected chi connectivity index (χ1v) is 9.00. The number of aryl methyl sites for hydroxylation is 2. The number of methoxy groups -OCH3 is 1. The maximum absolute atomic E-state index is 12.3. The molecule has 0 aliphatic carbocycles. The van der Waals surface area contributed by atoms with Crippen molar-refractivity contribution in [2.24, 2.45) is 0 Å². The molecule has 0 spiro atoms. The van der Waals surface area contributed by atoms with Crippen molar-refractivity contribution in [3.8, 4) is 11.5 Å². The van der Waals surface area contributed by atoms with E-state index in [0.717, 1.165) is 11.3 Å². The number of ether oxygens (including phenoxy) is 2. The molecular weight excluding hydrogens is 362 g/mol. The molecule has 0 saturated carbocycles. The summed E-state index contributed by atoms with van der Waals surface area (Å²) in [6, 6.07) is 10.9. The normalized spacial score (nSPS) is 10.3. The maximum Gasteiger partial charge on any atom is 0.269 e. The van der Waals surface area contributed by atoms with Crippen LogP contribution in [0.3, 0.4) is 0 Å². The number of nitrogens with one attached hydrogen (secondary N) is 3. The van der Waals surface area contributed by atoms with Crippen LogP contribution in [0.1, 0.15) is 35.3 Å². The van der Waals surface area contributed by atoms with Crippen LogP contribution < -0.4 is 25.6 Å². The minimum Gasteiger partial charge on any atom is -0.493 e. The van der Waals surface area contributed by atoms with Gasteiger partial charge in [0.05, 0.1) is 13.2 Å². The summed E-state index contributed by atoms with van der Waals surface area (Å²) in [6.45, 7) is 7.92. The van der Waals surface area contributed by atoms with Gasteiger partial charge in [-0.1, -0.05) is 6.07 Å². The number of benzene rings is 2. The van der Waals surface area contributed by atoms with E-state index in [4.69, 9.17) is 21.7 Å². The summed E-state index contributed by atoms with van der Waals surface area (Å²) >= 11 is 5.22. The van der Waals surface area contributed by atoms with Gasteiger partial charge in [0.25, 0.3) is 5.91 Å². The van der Waals surface area contributed by atoms with Crippen LogP contribution in [-0.2, 0) is 0 Å². The summed E-state index contributed by atoms with van der Waals surface area (Å²) in [5.41, 5.74) is 8.89. The number of carbonyl (C=O) groups excluding carboxylic acids is 1. The van der Waals surface area contributed by atoms with E-state index >= 15 is 0 Å². The molecule has 3 N–H and O–H groups in total. The van der Waals surface area contributed by atoms with E-state index in [1.165, 1.54) is 12.7 Å². The highest BCUT2D eigenvalue weighted by Crippen LogP contribution is 2.28. The summed E-state index contributed by atoms with van der Waals surface area (Å²) in [5, 5.41) is 3.32. The lowest BCUT2D eigenvalue weighted by Gasteiger charge is -2.15. The van der Waals surface area contributed by atoms with E-state index in [2.05, 4.69) is 16.2 Å². The van der Waals surface area contributed by atoms with Crippen LogP contribution in [0.2, 0.25) is 0 Å². The average Bonchev–Trinajstić information content (AvgIpc) is 2.62. The van der Waals surface area contributed by atoms with Crippen molar-refractivity contribution >= 4 is 28.9 Å². The minimum atomic E-state index is -0.339. The van der Waals surface area contributed by atoms with Crippen LogP contribution in [0.4, 0.5) is 5.69 Å². The van der Waals surface area contributed by atoms with Crippen molar-refractivity contribution in [1.82, 2.24) is 10.9 Å². The number of rotatable bonds is 5. The summed E-state index contributed by atoms with van der Waals surface area (Å²) in [7, 11) is 1.53. The first kappa shape index (κ1) is 20.5. The second kappa shape index (κ2) is 9.23. The molecule has 0 aliphatic rings. The lowest BCUT2D eigenvalue weighted by atomic mass is 10.1. The second-order valence-electron chi connectivity index (χ2n) is 6.36. The Bertz CT molecular complexity index is 837. The highest BCUT2D eigenvalue weighted by atomic mass is 32.1. The zero-order chi connectivity index (χ0) is 20.0. The number of amides is 1. The van der Waals surface area contributed by atoms with Crippen molar-refractivity contribution in [2.45, 2.75) is 33.8 Å². The third-order valence-corrected chi connectivity index (χ3v) is 4.05. The lowest BCUT2D eigenvalue weighted by molar-refractivity contribution is 0.0943. The SMILES string of the molecule is COc1cc(C(=O)NNC(=S)Nc2ccc(C)c(C)c2)ccc1OC(C)C. The molecule has 2 aromatic carbocycles. The van der Waals surface area contributed by atoms with Gasteiger partial charge < -0.3 is 14.8 Å². The van der Waals surface area contributed by atoms with Gasteiger partial charge in [-0.15, -0.1) is 0 Å². The number of hydrogen-bond donors (Lipinski definition) is 3. The molecule has 0 heterocycles. The Morgan fingerprint density at radius 2 is 1.74 bits per heavy atom. The molecule has 0 saturated heterocycles. The van der Waals surface area contributed by atoms with Gasteiger partial charge in [-0.25, -0.2) is 0 Å². The molecule has 0 aromatic heterocycles. The Hall–Kier alpha value is -2.80.